The van der Waals surface area contributed by atoms with Crippen LogP contribution in [0.1, 0.15) is 19.3 Å². The number of thiol groups is 1. The number of aliphatic hydroxyl groups is 1. The van der Waals surface area contributed by atoms with Gasteiger partial charge in [0.05, 0.1) is 7.85 Å². The van der Waals surface area contributed by atoms with E-state index in [1.165, 1.54) is 0 Å². The van der Waals surface area contributed by atoms with E-state index in [9.17, 15) is 4.57 Å². The van der Waals surface area contributed by atoms with Gasteiger partial charge < -0.3 is 5.11 Å². The monoisotopic (exact) mass is 219 g/mol. The Bertz CT molecular complexity index is 193. The average Bonchev–Trinajstić information content (AvgIpc) is 2.03. The van der Waals surface area contributed by atoms with Crippen LogP contribution in [0, 0.1) is 5.92 Å². The van der Waals surface area contributed by atoms with Crippen molar-refractivity contribution in [3.63, 3.8) is 0 Å². The second-order valence-electron chi connectivity index (χ2n) is 3.40. The maximum atomic E-state index is 10.7. The van der Waals surface area contributed by atoms with E-state index in [2.05, 4.69) is 12.2 Å². The highest BCUT2D eigenvalue weighted by Gasteiger charge is 2.34. The molecule has 0 bridgehead atoms. The van der Waals surface area contributed by atoms with Gasteiger partial charge in [-0.25, -0.2) is 0 Å². The molecule has 72 valence electrons. The molecule has 0 saturated heterocycles. The summed E-state index contributed by atoms with van der Waals surface area (Å²) in [6, 6.07) is 0. The molecule has 1 fully saturated rings. The Hall–Kier alpha value is 0.435. The zero-order valence-corrected chi connectivity index (χ0v) is 9.08. The lowest BCUT2D eigenvalue weighted by Gasteiger charge is -2.29. The van der Waals surface area contributed by atoms with Gasteiger partial charge in [-0.1, -0.05) is 12.2 Å². The topological polar surface area (TPSA) is 46.5 Å². The summed E-state index contributed by atoms with van der Waals surface area (Å²) in [6.07, 6.45) is 2.19. The molecule has 1 saturated carbocycles. The summed E-state index contributed by atoms with van der Waals surface area (Å²) in [5, 5.41) is 9.02. The quantitative estimate of drug-likeness (QED) is 0.431. The van der Waals surface area contributed by atoms with Crippen molar-refractivity contribution in [2.45, 2.75) is 31.2 Å². The SMILES string of the molecule is [B]C1CCC(CO)C(O[P+](=O)S)C1. The number of aliphatic hydroxyl groups excluding tert-OH is 1. The molecule has 0 spiro atoms. The van der Waals surface area contributed by atoms with E-state index in [0.717, 1.165) is 12.8 Å². The Morgan fingerprint density at radius 1 is 1.62 bits per heavy atom. The van der Waals surface area contributed by atoms with Gasteiger partial charge in [-0.15, -0.1) is 4.52 Å². The minimum absolute atomic E-state index is 0.0610. The highest BCUT2D eigenvalue weighted by Crippen LogP contribution is 2.39. The Morgan fingerprint density at radius 3 is 2.85 bits per heavy atom. The molecule has 1 rings (SSSR count). The van der Waals surface area contributed by atoms with Crippen molar-refractivity contribution in [2.24, 2.45) is 5.92 Å². The molecule has 4 unspecified atom stereocenters. The van der Waals surface area contributed by atoms with Crippen LogP contribution in [0.3, 0.4) is 0 Å². The Balaban J connectivity index is 2.49. The van der Waals surface area contributed by atoms with Crippen molar-refractivity contribution in [2.75, 3.05) is 6.61 Å². The molecular formula is C7H13BO3PS+. The lowest BCUT2D eigenvalue weighted by atomic mass is 9.71. The van der Waals surface area contributed by atoms with Gasteiger partial charge in [0.15, 0.2) is 0 Å². The van der Waals surface area contributed by atoms with Crippen molar-refractivity contribution in [1.82, 2.24) is 0 Å². The molecule has 0 aliphatic heterocycles. The molecule has 0 aromatic rings. The molecule has 6 heteroatoms. The van der Waals surface area contributed by atoms with E-state index < -0.39 is 7.23 Å². The molecule has 2 radical (unpaired) electrons. The fourth-order valence-corrected chi connectivity index (χ4v) is 2.53. The van der Waals surface area contributed by atoms with Crippen molar-refractivity contribution >= 4 is 27.3 Å². The van der Waals surface area contributed by atoms with E-state index in [0.29, 0.717) is 6.42 Å². The second kappa shape index (κ2) is 5.35. The predicted octanol–water partition coefficient (Wildman–Crippen LogP) is 1.71. The summed E-state index contributed by atoms with van der Waals surface area (Å²) < 4.78 is 15.8. The van der Waals surface area contributed by atoms with Crippen LogP contribution in [0.5, 0.6) is 0 Å². The van der Waals surface area contributed by atoms with Crippen LogP contribution in [0.25, 0.3) is 0 Å². The summed E-state index contributed by atoms with van der Waals surface area (Å²) >= 11 is 3.68. The molecule has 4 atom stereocenters. The molecule has 0 aromatic carbocycles. The minimum atomic E-state index is -1.90. The van der Waals surface area contributed by atoms with Gasteiger partial charge in [0.2, 0.25) is 0 Å². The summed E-state index contributed by atoms with van der Waals surface area (Å²) in [5.74, 6) is 0.155. The van der Waals surface area contributed by atoms with Crippen LogP contribution >= 0.6 is 19.5 Å². The van der Waals surface area contributed by atoms with Crippen molar-refractivity contribution < 1.29 is 14.2 Å². The smallest absolute Gasteiger partial charge is 0.396 e. The van der Waals surface area contributed by atoms with Gasteiger partial charge >= 0.3 is 7.23 Å². The largest absolute Gasteiger partial charge is 0.582 e. The van der Waals surface area contributed by atoms with Gasteiger partial charge in [0.1, 0.15) is 18.4 Å². The molecule has 3 nitrogen and oxygen atoms in total. The van der Waals surface area contributed by atoms with Crippen LogP contribution in [-0.4, -0.2) is 25.7 Å². The van der Waals surface area contributed by atoms with Crippen LogP contribution < -0.4 is 0 Å². The standard InChI is InChI=1S/C7H12BO3PS/c8-6-2-1-5(4-9)7(3-6)11-12(10)13/h5-7,9H,1-4H2/p+1. The van der Waals surface area contributed by atoms with Crippen LogP contribution in [-0.2, 0) is 9.09 Å². The van der Waals surface area contributed by atoms with Crippen molar-refractivity contribution in [1.29, 1.82) is 0 Å². The first kappa shape index (κ1) is 11.5. The number of rotatable bonds is 3. The van der Waals surface area contributed by atoms with Crippen molar-refractivity contribution in [3.8, 4) is 0 Å². The Kier molecular flexibility index (Phi) is 4.74. The zero-order chi connectivity index (χ0) is 9.84. The first-order chi connectivity index (χ1) is 6.13. The molecule has 1 aliphatic rings. The van der Waals surface area contributed by atoms with E-state index in [4.69, 9.17) is 17.5 Å². The highest BCUT2D eigenvalue weighted by molar-refractivity contribution is 8.39. The third kappa shape index (κ3) is 3.58. The van der Waals surface area contributed by atoms with E-state index in [1.54, 1.807) is 0 Å². The van der Waals surface area contributed by atoms with Gasteiger partial charge in [0.25, 0.3) is 0 Å². The minimum Gasteiger partial charge on any atom is -0.396 e. The lowest BCUT2D eigenvalue weighted by molar-refractivity contribution is 0.0627. The molecule has 0 aromatic heterocycles. The van der Waals surface area contributed by atoms with Crippen LogP contribution in [0.2, 0.25) is 5.82 Å². The van der Waals surface area contributed by atoms with Crippen LogP contribution in [0.4, 0.5) is 0 Å². The van der Waals surface area contributed by atoms with E-state index in [-0.39, 0.29) is 24.4 Å². The second-order valence-corrected chi connectivity index (χ2v) is 5.06. The maximum absolute atomic E-state index is 10.7. The maximum Gasteiger partial charge on any atom is 0.582 e. The van der Waals surface area contributed by atoms with E-state index >= 15 is 0 Å². The first-order valence-corrected chi connectivity index (χ1v) is 6.66. The molecule has 13 heavy (non-hydrogen) atoms. The molecule has 1 aliphatic carbocycles. The molecule has 0 heterocycles. The first-order valence-electron chi connectivity index (χ1n) is 4.32. The fourth-order valence-electron chi connectivity index (χ4n) is 1.68. The molecule has 1 N–H and O–H groups in total. The summed E-state index contributed by atoms with van der Waals surface area (Å²) in [4.78, 5) is 0. The van der Waals surface area contributed by atoms with Gasteiger partial charge in [-0.2, -0.15) is 0 Å². The lowest BCUT2D eigenvalue weighted by Crippen LogP contribution is -2.30. The number of hydrogen-bond donors (Lipinski definition) is 2. The third-order valence-corrected chi connectivity index (χ3v) is 3.16. The Labute approximate surface area is 85.7 Å². The third-order valence-electron chi connectivity index (χ3n) is 2.43. The highest BCUT2D eigenvalue weighted by atomic mass is 32.7. The van der Waals surface area contributed by atoms with Gasteiger partial charge in [0, 0.05) is 12.5 Å². The summed E-state index contributed by atoms with van der Waals surface area (Å²) in [7, 11) is 3.84. The van der Waals surface area contributed by atoms with E-state index in [1.807, 2.05) is 0 Å². The van der Waals surface area contributed by atoms with Crippen LogP contribution in [0.15, 0.2) is 0 Å². The van der Waals surface area contributed by atoms with Gasteiger partial charge in [-0.3, -0.25) is 0 Å². The molecular weight excluding hydrogens is 206 g/mol. The fraction of sp³-hybridized carbons (Fsp3) is 1.00. The zero-order valence-electron chi connectivity index (χ0n) is 7.30. The summed E-state index contributed by atoms with van der Waals surface area (Å²) in [5.41, 5.74) is 0. The predicted molar refractivity (Wildman–Crippen MR) is 55.4 cm³/mol. The molecule has 0 amide bonds. The number of hydrogen-bond acceptors (Lipinski definition) is 3. The normalized spacial score (nSPS) is 35.8. The Morgan fingerprint density at radius 2 is 2.31 bits per heavy atom. The van der Waals surface area contributed by atoms with Gasteiger partial charge in [-0.05, 0) is 17.4 Å². The summed E-state index contributed by atoms with van der Waals surface area (Å²) in [6.45, 7) is 0.0638. The average molecular weight is 219 g/mol. The van der Waals surface area contributed by atoms with Crippen molar-refractivity contribution in [3.05, 3.63) is 0 Å².